The van der Waals surface area contributed by atoms with E-state index in [0.29, 0.717) is 37.9 Å². The Morgan fingerprint density at radius 2 is 2.36 bits per heavy atom. The first-order chi connectivity index (χ1) is 10.5. The lowest BCUT2D eigenvalue weighted by Gasteiger charge is -2.34. The van der Waals surface area contributed by atoms with Gasteiger partial charge in [-0.2, -0.15) is 5.10 Å². The predicted molar refractivity (Wildman–Crippen MR) is 81.9 cm³/mol. The summed E-state index contributed by atoms with van der Waals surface area (Å²) in [5.41, 5.74) is 1.34. The van der Waals surface area contributed by atoms with E-state index in [2.05, 4.69) is 16.9 Å². The standard InChI is InChI=1S/C15H22ClN3O3/c1-3-12-11(13(16)18(2)17-12)7-19-6-10-8-22-5-4-15(10,9-19)14(20)21/h10H,3-9H2,1-2H3,(H,20,21)/t10-,15+/m1/s1. The molecule has 2 atom stereocenters. The van der Waals surface area contributed by atoms with Crippen LogP contribution in [0.1, 0.15) is 24.6 Å². The zero-order valence-electron chi connectivity index (χ0n) is 13.0. The van der Waals surface area contributed by atoms with Crippen LogP contribution < -0.4 is 0 Å². The van der Waals surface area contributed by atoms with Gasteiger partial charge < -0.3 is 9.84 Å². The third-order valence-corrected chi connectivity index (χ3v) is 5.54. The van der Waals surface area contributed by atoms with Gasteiger partial charge in [0.2, 0.25) is 0 Å². The van der Waals surface area contributed by atoms with Crippen molar-refractivity contribution in [2.75, 3.05) is 26.3 Å². The van der Waals surface area contributed by atoms with Gasteiger partial charge in [-0.1, -0.05) is 18.5 Å². The van der Waals surface area contributed by atoms with Gasteiger partial charge in [0.05, 0.1) is 17.7 Å². The number of halogens is 1. The highest BCUT2D eigenvalue weighted by Crippen LogP contribution is 2.43. The van der Waals surface area contributed by atoms with Crippen LogP contribution in [0.5, 0.6) is 0 Å². The first-order valence-corrected chi connectivity index (χ1v) is 8.09. The summed E-state index contributed by atoms with van der Waals surface area (Å²) in [6.07, 6.45) is 1.41. The number of aryl methyl sites for hydroxylation is 2. The van der Waals surface area contributed by atoms with Crippen molar-refractivity contribution in [1.82, 2.24) is 14.7 Å². The maximum absolute atomic E-state index is 11.8. The monoisotopic (exact) mass is 327 g/mol. The second-order valence-corrected chi connectivity index (χ2v) is 6.70. The topological polar surface area (TPSA) is 67.6 Å². The molecule has 6 nitrogen and oxygen atoms in total. The van der Waals surface area contributed by atoms with Crippen molar-refractivity contribution in [2.45, 2.75) is 26.3 Å². The molecule has 0 amide bonds. The van der Waals surface area contributed by atoms with Crippen molar-refractivity contribution < 1.29 is 14.6 Å². The van der Waals surface area contributed by atoms with Crippen LogP contribution in [0, 0.1) is 11.3 Å². The molecule has 1 N–H and O–H groups in total. The van der Waals surface area contributed by atoms with E-state index in [4.69, 9.17) is 16.3 Å². The fraction of sp³-hybridized carbons (Fsp3) is 0.733. The van der Waals surface area contributed by atoms with Gasteiger partial charge in [0.25, 0.3) is 0 Å². The summed E-state index contributed by atoms with van der Waals surface area (Å²) in [6.45, 7) is 5.07. The predicted octanol–water partition coefficient (Wildman–Crippen LogP) is 1.56. The van der Waals surface area contributed by atoms with E-state index in [1.807, 2.05) is 7.05 Å². The van der Waals surface area contributed by atoms with Crippen molar-refractivity contribution in [2.24, 2.45) is 18.4 Å². The summed E-state index contributed by atoms with van der Waals surface area (Å²) in [4.78, 5) is 14.0. The lowest BCUT2D eigenvalue weighted by molar-refractivity contribution is -0.157. The maximum Gasteiger partial charge on any atom is 0.311 e. The normalized spacial score (nSPS) is 28.8. The summed E-state index contributed by atoms with van der Waals surface area (Å²) >= 11 is 6.35. The summed E-state index contributed by atoms with van der Waals surface area (Å²) in [5.74, 6) is -0.643. The average Bonchev–Trinajstić information content (AvgIpc) is 3.00. The lowest BCUT2D eigenvalue weighted by atomic mass is 9.74. The van der Waals surface area contributed by atoms with Crippen molar-refractivity contribution in [3.63, 3.8) is 0 Å². The number of fused-ring (bicyclic) bond motifs is 1. The smallest absolute Gasteiger partial charge is 0.311 e. The molecule has 2 saturated heterocycles. The second-order valence-electron chi connectivity index (χ2n) is 6.35. The molecule has 122 valence electrons. The molecule has 0 unspecified atom stereocenters. The number of aromatic nitrogens is 2. The van der Waals surface area contributed by atoms with Gasteiger partial charge in [-0.3, -0.25) is 14.4 Å². The van der Waals surface area contributed by atoms with E-state index >= 15 is 0 Å². The highest BCUT2D eigenvalue weighted by molar-refractivity contribution is 6.30. The zero-order valence-corrected chi connectivity index (χ0v) is 13.8. The minimum Gasteiger partial charge on any atom is -0.481 e. The Bertz CT molecular complexity index is 589. The molecule has 3 rings (SSSR count). The van der Waals surface area contributed by atoms with Crippen LogP contribution in [0.4, 0.5) is 0 Å². The molecular weight excluding hydrogens is 306 g/mol. The van der Waals surface area contributed by atoms with Crippen LogP contribution in [-0.2, 0) is 29.5 Å². The third kappa shape index (κ3) is 2.43. The van der Waals surface area contributed by atoms with Crippen molar-refractivity contribution in [3.05, 3.63) is 16.4 Å². The molecular formula is C15H22ClN3O3. The van der Waals surface area contributed by atoms with Crippen molar-refractivity contribution in [1.29, 1.82) is 0 Å². The fourth-order valence-corrected chi connectivity index (χ4v) is 3.99. The minimum absolute atomic E-state index is 0.0549. The van der Waals surface area contributed by atoms with Gasteiger partial charge in [0, 0.05) is 44.8 Å². The van der Waals surface area contributed by atoms with Gasteiger partial charge in [-0.15, -0.1) is 0 Å². The van der Waals surface area contributed by atoms with E-state index in [0.717, 1.165) is 24.2 Å². The third-order valence-electron chi connectivity index (χ3n) is 5.07. The minimum atomic E-state index is -0.698. The highest BCUT2D eigenvalue weighted by Gasteiger charge is 2.53. The molecule has 1 aromatic heterocycles. The Morgan fingerprint density at radius 1 is 1.59 bits per heavy atom. The molecule has 2 fully saturated rings. The molecule has 0 radical (unpaired) electrons. The number of likely N-dealkylation sites (tertiary alicyclic amines) is 1. The summed E-state index contributed by atoms with van der Waals surface area (Å²) < 4.78 is 7.19. The lowest BCUT2D eigenvalue weighted by Crippen LogP contribution is -2.44. The summed E-state index contributed by atoms with van der Waals surface area (Å²) in [5, 5.41) is 14.8. The van der Waals surface area contributed by atoms with Gasteiger partial charge in [0.15, 0.2) is 0 Å². The molecule has 7 heteroatoms. The second kappa shape index (κ2) is 5.83. The van der Waals surface area contributed by atoms with Crippen LogP contribution in [0.15, 0.2) is 0 Å². The van der Waals surface area contributed by atoms with Gasteiger partial charge in [0.1, 0.15) is 5.15 Å². The van der Waals surface area contributed by atoms with Crippen molar-refractivity contribution in [3.8, 4) is 0 Å². The molecule has 2 aliphatic heterocycles. The van der Waals surface area contributed by atoms with Crippen LogP contribution in [-0.4, -0.2) is 52.1 Å². The van der Waals surface area contributed by atoms with Crippen LogP contribution >= 0.6 is 11.6 Å². The van der Waals surface area contributed by atoms with E-state index in [1.165, 1.54) is 0 Å². The Morgan fingerprint density at radius 3 is 3.00 bits per heavy atom. The SMILES string of the molecule is CCc1nn(C)c(Cl)c1CN1C[C@@H]2COCC[C@]2(C(=O)O)C1. The van der Waals surface area contributed by atoms with Crippen LogP contribution in [0.3, 0.4) is 0 Å². The number of carbonyl (C=O) groups is 1. The maximum atomic E-state index is 11.8. The molecule has 0 saturated carbocycles. The number of aliphatic carboxylic acids is 1. The van der Waals surface area contributed by atoms with Crippen LogP contribution in [0.2, 0.25) is 5.15 Å². The Hall–Kier alpha value is -1.11. The summed E-state index contributed by atoms with van der Waals surface area (Å²) in [7, 11) is 1.83. The van der Waals surface area contributed by atoms with Crippen molar-refractivity contribution >= 4 is 17.6 Å². The molecule has 0 aromatic carbocycles. The molecule has 1 aromatic rings. The number of carboxylic acids is 1. The number of carboxylic acid groups (broad SMARTS) is 1. The number of hydrogen-bond acceptors (Lipinski definition) is 4. The quantitative estimate of drug-likeness (QED) is 0.909. The molecule has 22 heavy (non-hydrogen) atoms. The highest BCUT2D eigenvalue weighted by atomic mass is 35.5. The molecule has 2 aliphatic rings. The first kappa shape index (κ1) is 15.8. The molecule has 0 aliphatic carbocycles. The Balaban J connectivity index is 1.82. The van der Waals surface area contributed by atoms with Crippen LogP contribution in [0.25, 0.3) is 0 Å². The van der Waals surface area contributed by atoms with E-state index in [-0.39, 0.29) is 5.92 Å². The fourth-order valence-electron chi connectivity index (χ4n) is 3.79. The molecule has 3 heterocycles. The first-order valence-electron chi connectivity index (χ1n) is 7.71. The Kier molecular flexibility index (Phi) is 4.18. The van der Waals surface area contributed by atoms with E-state index in [9.17, 15) is 9.90 Å². The molecule has 0 spiro atoms. The number of nitrogens with zero attached hydrogens (tertiary/aromatic N) is 3. The molecule has 0 bridgehead atoms. The van der Waals surface area contributed by atoms with E-state index < -0.39 is 11.4 Å². The van der Waals surface area contributed by atoms with E-state index in [1.54, 1.807) is 4.68 Å². The van der Waals surface area contributed by atoms with Gasteiger partial charge in [-0.05, 0) is 12.8 Å². The Labute approximate surface area is 135 Å². The van der Waals surface area contributed by atoms with Gasteiger partial charge >= 0.3 is 5.97 Å². The zero-order chi connectivity index (χ0) is 15.9. The number of hydrogen-bond donors (Lipinski definition) is 1. The number of ether oxygens (including phenoxy) is 1. The average molecular weight is 328 g/mol. The largest absolute Gasteiger partial charge is 0.481 e. The number of rotatable bonds is 4. The summed E-state index contributed by atoms with van der Waals surface area (Å²) in [6, 6.07) is 0. The van der Waals surface area contributed by atoms with Gasteiger partial charge in [-0.25, -0.2) is 0 Å².